The number of nitrogens with zero attached hydrogens (tertiary/aromatic N) is 4. The van der Waals surface area contributed by atoms with Gasteiger partial charge in [0.25, 0.3) is 5.91 Å². The molecule has 0 unspecified atom stereocenters. The van der Waals surface area contributed by atoms with Gasteiger partial charge in [0, 0.05) is 61.4 Å². The van der Waals surface area contributed by atoms with Crippen molar-refractivity contribution in [1.82, 2.24) is 19.9 Å². The molecule has 1 saturated heterocycles. The fraction of sp³-hybridized carbons (Fsp3) is 0.250. The Morgan fingerprint density at radius 2 is 1.84 bits per heavy atom. The molecule has 0 radical (unpaired) electrons. The first-order valence-corrected chi connectivity index (χ1v) is 12.6. The summed E-state index contributed by atoms with van der Waals surface area (Å²) in [6, 6.07) is 15.9. The van der Waals surface area contributed by atoms with Crippen LogP contribution in [0.2, 0.25) is 5.02 Å². The smallest absolute Gasteiger partial charge is 0.275 e. The maximum Gasteiger partial charge on any atom is 0.275 e. The minimum absolute atomic E-state index is 0.271. The molecule has 2 aromatic heterocycles. The summed E-state index contributed by atoms with van der Waals surface area (Å²) in [7, 11) is 1.71. The van der Waals surface area contributed by atoms with Gasteiger partial charge in [0.1, 0.15) is 11.4 Å². The predicted molar refractivity (Wildman–Crippen MR) is 146 cm³/mol. The molecule has 4 aromatic rings. The molecule has 8 nitrogen and oxygen atoms in total. The number of carbonyl (C=O) groups excluding carboxylic acids is 1. The second kappa shape index (κ2) is 11.0. The lowest BCUT2D eigenvalue weighted by Gasteiger charge is -2.36. The molecule has 0 bridgehead atoms. The molecule has 0 aliphatic carbocycles. The van der Waals surface area contributed by atoms with Crippen molar-refractivity contribution in [3.8, 4) is 17.0 Å². The Hall–Kier alpha value is -3.88. The molecule has 0 saturated carbocycles. The molecule has 2 aromatic carbocycles. The van der Waals surface area contributed by atoms with Crippen LogP contribution in [0.4, 0.5) is 11.4 Å². The van der Waals surface area contributed by atoms with Crippen LogP contribution in [-0.2, 0) is 6.54 Å². The number of aromatic amines is 1. The van der Waals surface area contributed by atoms with Gasteiger partial charge in [0.15, 0.2) is 0 Å². The van der Waals surface area contributed by atoms with E-state index >= 15 is 0 Å². The predicted octanol–water partition coefficient (Wildman–Crippen LogP) is 5.02. The van der Waals surface area contributed by atoms with E-state index in [9.17, 15) is 4.79 Å². The summed E-state index contributed by atoms with van der Waals surface area (Å²) in [5, 5.41) is 3.76. The second-order valence-corrected chi connectivity index (χ2v) is 9.40. The lowest BCUT2D eigenvalue weighted by molar-refractivity contribution is 0.102. The highest BCUT2D eigenvalue weighted by molar-refractivity contribution is 6.30. The van der Waals surface area contributed by atoms with Crippen LogP contribution in [0.3, 0.4) is 0 Å². The molecule has 1 amide bonds. The van der Waals surface area contributed by atoms with Gasteiger partial charge in [-0.15, -0.1) is 0 Å². The Labute approximate surface area is 221 Å². The summed E-state index contributed by atoms with van der Waals surface area (Å²) in [4.78, 5) is 29.4. The van der Waals surface area contributed by atoms with Gasteiger partial charge in [-0.1, -0.05) is 35.9 Å². The van der Waals surface area contributed by atoms with Gasteiger partial charge < -0.3 is 19.9 Å². The van der Waals surface area contributed by atoms with E-state index in [1.165, 1.54) is 12.4 Å². The van der Waals surface area contributed by atoms with E-state index in [4.69, 9.17) is 16.3 Å². The summed E-state index contributed by atoms with van der Waals surface area (Å²) in [6.07, 6.45) is 4.53. The van der Waals surface area contributed by atoms with Gasteiger partial charge in [-0.2, -0.15) is 0 Å². The van der Waals surface area contributed by atoms with Crippen LogP contribution in [-0.4, -0.2) is 59.0 Å². The van der Waals surface area contributed by atoms with E-state index in [1.54, 1.807) is 13.3 Å². The number of para-hydroxylation sites is 2. The van der Waals surface area contributed by atoms with Crippen molar-refractivity contribution in [2.45, 2.75) is 13.5 Å². The van der Waals surface area contributed by atoms with Crippen molar-refractivity contribution < 1.29 is 9.53 Å². The lowest BCUT2D eigenvalue weighted by Crippen LogP contribution is -2.46. The molecule has 1 aliphatic rings. The molecule has 0 atom stereocenters. The number of carbonyl (C=O) groups is 1. The zero-order chi connectivity index (χ0) is 25.8. The Bertz CT molecular complexity index is 1370. The van der Waals surface area contributed by atoms with Crippen molar-refractivity contribution in [1.29, 1.82) is 0 Å². The quantitative estimate of drug-likeness (QED) is 0.359. The molecule has 1 fully saturated rings. The average Bonchev–Trinajstić information content (AvgIpc) is 3.24. The molecular formula is C28H29ClN6O2. The number of aromatic nitrogens is 3. The van der Waals surface area contributed by atoms with E-state index in [-0.39, 0.29) is 11.6 Å². The standard InChI is InChI=1S/C28H29ClN6O2/c1-19-26(33-28(36)23-17-30-11-12-31-23)22(27(32-19)20-7-9-21(29)10-8-20)18-34-13-15-35(16-14-34)24-5-3-4-6-25(24)37-2/h3-12,17,32H,13-16,18H2,1-2H3,(H,33,36). The normalized spacial score (nSPS) is 14.0. The van der Waals surface area contributed by atoms with Crippen LogP contribution in [0.1, 0.15) is 21.7 Å². The number of rotatable bonds is 7. The number of hydrogen-bond acceptors (Lipinski definition) is 6. The van der Waals surface area contributed by atoms with Crippen molar-refractivity contribution >= 4 is 28.9 Å². The number of ether oxygens (including phenoxy) is 1. The fourth-order valence-electron chi connectivity index (χ4n) is 4.72. The summed E-state index contributed by atoms with van der Waals surface area (Å²) in [5.41, 5.74) is 6.04. The molecule has 5 rings (SSSR count). The number of amides is 1. The van der Waals surface area contributed by atoms with Crippen LogP contribution in [0.25, 0.3) is 11.3 Å². The molecule has 3 heterocycles. The molecule has 37 heavy (non-hydrogen) atoms. The lowest BCUT2D eigenvalue weighted by atomic mass is 10.1. The monoisotopic (exact) mass is 516 g/mol. The highest BCUT2D eigenvalue weighted by Crippen LogP contribution is 2.35. The van der Waals surface area contributed by atoms with Gasteiger partial charge in [0.05, 0.1) is 30.4 Å². The zero-order valence-electron chi connectivity index (χ0n) is 20.9. The third-order valence-electron chi connectivity index (χ3n) is 6.64. The third kappa shape index (κ3) is 5.45. The third-order valence-corrected chi connectivity index (χ3v) is 6.89. The maximum absolute atomic E-state index is 13.0. The molecule has 9 heteroatoms. The highest BCUT2D eigenvalue weighted by Gasteiger charge is 2.25. The first-order chi connectivity index (χ1) is 18.0. The van der Waals surface area contributed by atoms with E-state index in [1.807, 2.05) is 49.4 Å². The van der Waals surface area contributed by atoms with Crippen molar-refractivity contribution in [2.24, 2.45) is 0 Å². The highest BCUT2D eigenvalue weighted by atomic mass is 35.5. The number of hydrogen-bond donors (Lipinski definition) is 2. The number of H-pyrrole nitrogens is 1. The number of halogens is 1. The first kappa shape index (κ1) is 24.8. The van der Waals surface area contributed by atoms with Gasteiger partial charge in [-0.25, -0.2) is 4.98 Å². The Kier molecular flexibility index (Phi) is 7.39. The second-order valence-electron chi connectivity index (χ2n) is 8.97. The topological polar surface area (TPSA) is 86.4 Å². The van der Waals surface area contributed by atoms with Crippen molar-refractivity contribution in [3.05, 3.63) is 89.1 Å². The number of benzene rings is 2. The molecular weight excluding hydrogens is 488 g/mol. The van der Waals surface area contributed by atoms with Gasteiger partial charge >= 0.3 is 0 Å². The summed E-state index contributed by atoms with van der Waals surface area (Å²) in [5.74, 6) is 0.594. The van der Waals surface area contributed by atoms with Crippen molar-refractivity contribution in [3.63, 3.8) is 0 Å². The minimum atomic E-state index is -0.292. The van der Waals surface area contributed by atoms with E-state index < -0.39 is 0 Å². The van der Waals surface area contributed by atoms with Crippen LogP contribution >= 0.6 is 11.6 Å². The maximum atomic E-state index is 13.0. The van der Waals surface area contributed by atoms with Crippen molar-refractivity contribution in [2.75, 3.05) is 43.5 Å². The molecule has 190 valence electrons. The number of piperazine rings is 1. The summed E-state index contributed by atoms with van der Waals surface area (Å²) in [6.45, 7) is 6.15. The summed E-state index contributed by atoms with van der Waals surface area (Å²) < 4.78 is 5.57. The minimum Gasteiger partial charge on any atom is -0.495 e. The van der Waals surface area contributed by atoms with E-state index in [0.29, 0.717) is 11.6 Å². The number of anilines is 2. The Morgan fingerprint density at radius 3 is 2.54 bits per heavy atom. The Balaban J connectivity index is 1.40. The van der Waals surface area contributed by atoms with Crippen LogP contribution < -0.4 is 15.0 Å². The SMILES string of the molecule is COc1ccccc1N1CCN(Cc2c(-c3ccc(Cl)cc3)[nH]c(C)c2NC(=O)c2cnccn2)CC1. The Morgan fingerprint density at radius 1 is 1.08 bits per heavy atom. The average molecular weight is 517 g/mol. The largest absolute Gasteiger partial charge is 0.495 e. The van der Waals surface area contributed by atoms with E-state index in [2.05, 4.69) is 36.1 Å². The molecule has 1 aliphatic heterocycles. The fourth-order valence-corrected chi connectivity index (χ4v) is 4.85. The number of methoxy groups -OCH3 is 1. The van der Waals surface area contributed by atoms with Crippen LogP contribution in [0, 0.1) is 6.92 Å². The van der Waals surface area contributed by atoms with Gasteiger partial charge in [-0.3, -0.25) is 14.7 Å². The first-order valence-electron chi connectivity index (χ1n) is 12.2. The molecule has 0 spiro atoms. The van der Waals surface area contributed by atoms with Crippen LogP contribution in [0.5, 0.6) is 5.75 Å². The van der Waals surface area contributed by atoms with Crippen LogP contribution in [0.15, 0.2) is 67.1 Å². The summed E-state index contributed by atoms with van der Waals surface area (Å²) >= 11 is 6.15. The number of nitrogens with one attached hydrogen (secondary N) is 2. The molecule has 2 N–H and O–H groups in total. The zero-order valence-corrected chi connectivity index (χ0v) is 21.6. The van der Waals surface area contributed by atoms with Gasteiger partial charge in [-0.05, 0) is 36.8 Å². The van der Waals surface area contributed by atoms with E-state index in [0.717, 1.165) is 65.8 Å². The number of aryl methyl sites for hydroxylation is 1. The van der Waals surface area contributed by atoms with Gasteiger partial charge in [0.2, 0.25) is 0 Å².